The maximum atomic E-state index is 12.2. The maximum absolute atomic E-state index is 12.2. The number of aromatic nitrogens is 4. The molecule has 7 heteroatoms. The number of hydrogen-bond donors (Lipinski definition) is 0. The second-order valence-electron chi connectivity index (χ2n) is 5.38. The normalized spacial score (nSPS) is 15.4. The van der Waals surface area contributed by atoms with Crippen LogP contribution in [0.5, 0.6) is 0 Å². The average Bonchev–Trinajstić information content (AvgIpc) is 2.52. The minimum atomic E-state index is -0.409. The van der Waals surface area contributed by atoms with Crippen LogP contribution < -0.4 is 11.2 Å². The summed E-state index contributed by atoms with van der Waals surface area (Å²) in [6.45, 7) is 0. The number of nitrogens with zero attached hydrogens (tertiary/aromatic N) is 5. The predicted molar refractivity (Wildman–Crippen MR) is 80.2 cm³/mol. The summed E-state index contributed by atoms with van der Waals surface area (Å²) in [5.41, 5.74) is 0.619. The Morgan fingerprint density at radius 2 is 1.76 bits per heavy atom. The van der Waals surface area contributed by atoms with E-state index in [0.29, 0.717) is 11.2 Å². The Labute approximate surface area is 121 Å². The first-order chi connectivity index (χ1) is 10.1. The Morgan fingerprint density at radius 1 is 1.05 bits per heavy atom. The maximum Gasteiger partial charge on any atom is 0.332 e. The topological polar surface area (TPSA) is 82.1 Å². The smallest absolute Gasteiger partial charge is 0.279 e. The van der Waals surface area contributed by atoms with Crippen molar-refractivity contribution in [2.45, 2.75) is 32.1 Å². The van der Waals surface area contributed by atoms with Gasteiger partial charge in [0.25, 0.3) is 5.56 Å². The highest BCUT2D eigenvalue weighted by molar-refractivity contribution is 5.87. The van der Waals surface area contributed by atoms with Crippen LogP contribution in [0.15, 0.2) is 20.6 Å². The third-order valence-electron chi connectivity index (χ3n) is 3.89. The first-order valence-corrected chi connectivity index (χ1v) is 7.08. The van der Waals surface area contributed by atoms with Crippen molar-refractivity contribution in [2.24, 2.45) is 19.1 Å². The van der Waals surface area contributed by atoms with Crippen molar-refractivity contribution < 1.29 is 0 Å². The Morgan fingerprint density at radius 3 is 2.48 bits per heavy atom. The molecule has 110 valence electrons. The molecule has 0 saturated heterocycles. The summed E-state index contributed by atoms with van der Waals surface area (Å²) in [6.07, 6.45) is 5.49. The van der Waals surface area contributed by atoms with E-state index in [2.05, 4.69) is 15.2 Å². The van der Waals surface area contributed by atoms with Gasteiger partial charge in [0.2, 0.25) is 0 Å². The molecule has 0 amide bonds. The molecule has 0 N–H and O–H groups in total. The van der Waals surface area contributed by atoms with Crippen LogP contribution in [0.3, 0.4) is 0 Å². The number of rotatable bonds is 1. The van der Waals surface area contributed by atoms with Crippen molar-refractivity contribution in [1.29, 1.82) is 0 Å². The predicted octanol–water partition coefficient (Wildman–Crippen LogP) is 1.06. The number of fused-ring (bicyclic) bond motifs is 1. The van der Waals surface area contributed by atoms with Crippen molar-refractivity contribution in [3.63, 3.8) is 0 Å². The van der Waals surface area contributed by atoms with Gasteiger partial charge in [0.05, 0.1) is 5.39 Å². The Balaban J connectivity index is 2.16. The molecule has 7 nitrogen and oxygen atoms in total. The van der Waals surface area contributed by atoms with Gasteiger partial charge in [-0.15, -0.1) is 10.2 Å². The van der Waals surface area contributed by atoms with Crippen molar-refractivity contribution in [3.05, 3.63) is 26.9 Å². The molecular weight excluding hydrogens is 270 g/mol. The summed E-state index contributed by atoms with van der Waals surface area (Å²) in [5, 5.41) is 8.40. The fraction of sp³-hybridized carbons (Fsp3) is 0.500. The summed E-state index contributed by atoms with van der Waals surface area (Å²) in [5.74, 6) is 0.440. The molecule has 0 radical (unpaired) electrons. The molecule has 3 rings (SSSR count). The lowest BCUT2D eigenvalue weighted by molar-refractivity contribution is 0.666. The van der Waals surface area contributed by atoms with E-state index in [-0.39, 0.29) is 11.2 Å². The van der Waals surface area contributed by atoms with Crippen molar-refractivity contribution in [2.75, 3.05) is 0 Å². The van der Waals surface area contributed by atoms with Crippen LogP contribution >= 0.6 is 0 Å². The highest BCUT2D eigenvalue weighted by Gasteiger charge is 2.12. The molecule has 2 aromatic heterocycles. The zero-order valence-corrected chi connectivity index (χ0v) is 12.2. The van der Waals surface area contributed by atoms with Crippen molar-refractivity contribution >= 4 is 22.6 Å². The van der Waals surface area contributed by atoms with Crippen LogP contribution in [-0.2, 0) is 14.1 Å². The van der Waals surface area contributed by atoms with Crippen molar-refractivity contribution in [3.8, 4) is 0 Å². The fourth-order valence-corrected chi connectivity index (χ4v) is 2.65. The molecule has 2 heterocycles. The number of aryl methyl sites for hydroxylation is 1. The fourth-order valence-electron chi connectivity index (χ4n) is 2.65. The minimum Gasteiger partial charge on any atom is -0.279 e. The van der Waals surface area contributed by atoms with Crippen LogP contribution in [-0.4, -0.2) is 25.0 Å². The van der Waals surface area contributed by atoms with Gasteiger partial charge < -0.3 is 0 Å². The molecule has 1 aliphatic rings. The van der Waals surface area contributed by atoms with E-state index >= 15 is 0 Å². The van der Waals surface area contributed by atoms with Gasteiger partial charge >= 0.3 is 5.69 Å². The van der Waals surface area contributed by atoms with Crippen LogP contribution in [0.25, 0.3) is 11.0 Å². The van der Waals surface area contributed by atoms with E-state index in [1.165, 1.54) is 18.0 Å². The van der Waals surface area contributed by atoms with E-state index in [1.54, 1.807) is 13.1 Å². The highest BCUT2D eigenvalue weighted by Crippen LogP contribution is 2.19. The molecule has 0 aromatic carbocycles. The van der Waals surface area contributed by atoms with Gasteiger partial charge in [-0.3, -0.25) is 13.9 Å². The first-order valence-electron chi connectivity index (χ1n) is 7.08. The second-order valence-corrected chi connectivity index (χ2v) is 5.38. The molecule has 0 bridgehead atoms. The summed E-state index contributed by atoms with van der Waals surface area (Å²) < 4.78 is 2.39. The summed E-state index contributed by atoms with van der Waals surface area (Å²) >= 11 is 0. The van der Waals surface area contributed by atoms with Gasteiger partial charge in [-0.05, 0) is 25.7 Å². The van der Waals surface area contributed by atoms with Crippen LogP contribution in [0.1, 0.15) is 32.1 Å². The molecular formula is C14H17N5O2. The van der Waals surface area contributed by atoms with E-state index in [0.717, 1.165) is 36.0 Å². The molecule has 0 aliphatic heterocycles. The van der Waals surface area contributed by atoms with E-state index < -0.39 is 5.69 Å². The summed E-state index contributed by atoms with van der Waals surface area (Å²) in [6, 6.07) is 1.62. The molecule has 2 aromatic rings. The van der Waals surface area contributed by atoms with Crippen LogP contribution in [0, 0.1) is 0 Å². The van der Waals surface area contributed by atoms with Crippen LogP contribution in [0.4, 0.5) is 5.82 Å². The second kappa shape index (κ2) is 5.23. The lowest BCUT2D eigenvalue weighted by Crippen LogP contribution is -2.37. The molecule has 1 fully saturated rings. The number of aliphatic imine (C=N–C) groups is 1. The zero-order chi connectivity index (χ0) is 15.0. The monoisotopic (exact) mass is 287 g/mol. The largest absolute Gasteiger partial charge is 0.332 e. The first kappa shape index (κ1) is 13.7. The highest BCUT2D eigenvalue weighted by atomic mass is 16.2. The third-order valence-corrected chi connectivity index (χ3v) is 3.89. The molecule has 0 atom stereocenters. The van der Waals surface area contributed by atoms with Gasteiger partial charge in [-0.1, -0.05) is 6.42 Å². The van der Waals surface area contributed by atoms with E-state index in [1.807, 2.05) is 0 Å². The minimum absolute atomic E-state index is 0.288. The van der Waals surface area contributed by atoms with E-state index in [9.17, 15) is 9.59 Å². The molecule has 21 heavy (non-hydrogen) atoms. The van der Waals surface area contributed by atoms with Crippen LogP contribution in [0.2, 0.25) is 0 Å². The van der Waals surface area contributed by atoms with Gasteiger partial charge in [-0.25, -0.2) is 9.79 Å². The molecule has 1 saturated carbocycles. The van der Waals surface area contributed by atoms with Gasteiger partial charge in [0.1, 0.15) is 0 Å². The van der Waals surface area contributed by atoms with Crippen molar-refractivity contribution in [1.82, 2.24) is 19.3 Å². The molecule has 0 unspecified atom stereocenters. The van der Waals surface area contributed by atoms with Gasteiger partial charge in [0, 0.05) is 25.9 Å². The lowest BCUT2D eigenvalue weighted by atomic mass is 9.98. The third kappa shape index (κ3) is 2.39. The van der Waals surface area contributed by atoms with E-state index in [4.69, 9.17) is 0 Å². The quantitative estimate of drug-likeness (QED) is 0.785. The number of hydrogen-bond acceptors (Lipinski definition) is 5. The molecule has 1 aliphatic carbocycles. The molecule has 0 spiro atoms. The zero-order valence-electron chi connectivity index (χ0n) is 12.2. The Bertz CT molecular complexity index is 839. The van der Waals surface area contributed by atoms with Gasteiger partial charge in [-0.2, -0.15) is 0 Å². The standard InChI is InChI=1S/C14H17N5O2/c1-18-12-10(13(20)19(2)14(18)21)8-11(16-17-12)15-9-6-4-3-5-7-9/h8H,3-7H2,1-2H3. The lowest BCUT2D eigenvalue weighted by Gasteiger charge is -2.12. The summed E-state index contributed by atoms with van der Waals surface area (Å²) in [4.78, 5) is 28.5. The SMILES string of the molecule is Cn1c(=O)c2cc(N=C3CCCCC3)nnc2n(C)c1=O. The average molecular weight is 287 g/mol. The van der Waals surface area contributed by atoms with Gasteiger partial charge in [0.15, 0.2) is 11.5 Å². The Kier molecular flexibility index (Phi) is 3.40. The Hall–Kier alpha value is -2.31. The summed E-state index contributed by atoms with van der Waals surface area (Å²) in [7, 11) is 3.03.